The molecule has 0 radical (unpaired) electrons. The highest BCUT2D eigenvalue weighted by molar-refractivity contribution is 5.87. The third-order valence-corrected chi connectivity index (χ3v) is 4.91. The first kappa shape index (κ1) is 21.7. The Morgan fingerprint density at radius 3 is 2.61 bits per heavy atom. The van der Waals surface area contributed by atoms with Gasteiger partial charge in [-0.1, -0.05) is 36.9 Å². The van der Waals surface area contributed by atoms with E-state index in [2.05, 4.69) is 58.2 Å². The van der Waals surface area contributed by atoms with Gasteiger partial charge in [-0.2, -0.15) is 0 Å². The van der Waals surface area contributed by atoms with Crippen LogP contribution in [0.5, 0.6) is 0 Å². The van der Waals surface area contributed by atoms with Crippen LogP contribution in [0.1, 0.15) is 38.8 Å². The molecule has 1 aromatic carbocycles. The number of fused-ring (bicyclic) bond motifs is 1. The first-order valence-corrected chi connectivity index (χ1v) is 9.49. The van der Waals surface area contributed by atoms with Crippen LogP contribution in [0.4, 0.5) is 5.69 Å². The molecule has 2 rings (SSSR count). The molecule has 1 heterocycles. The van der Waals surface area contributed by atoms with E-state index in [-0.39, 0.29) is 11.6 Å². The maximum Gasteiger partial charge on any atom is 0.126 e. The third-order valence-electron chi connectivity index (χ3n) is 4.91. The second-order valence-electron chi connectivity index (χ2n) is 7.31. The molecule has 1 unspecified atom stereocenters. The number of benzene rings is 1. The summed E-state index contributed by atoms with van der Waals surface area (Å²) in [5, 5.41) is 1.81. The topological polar surface area (TPSA) is 47.7 Å². The molecule has 0 saturated carbocycles. The van der Waals surface area contributed by atoms with Gasteiger partial charge in [-0.3, -0.25) is 0 Å². The number of allylic oxidation sites excluding steroid dienone is 4. The van der Waals surface area contributed by atoms with E-state index in [1.807, 2.05) is 19.1 Å². The molecule has 0 saturated heterocycles. The Bertz CT molecular complexity index is 831. The number of anilines is 1. The van der Waals surface area contributed by atoms with Gasteiger partial charge in [-0.15, -0.1) is 6.58 Å². The summed E-state index contributed by atoms with van der Waals surface area (Å²) in [6.07, 6.45) is 9.59. The average Bonchev–Trinajstić information content (AvgIpc) is 2.68. The van der Waals surface area contributed by atoms with Crippen LogP contribution in [0.25, 0.3) is 11.1 Å². The molecule has 0 aromatic heterocycles. The number of methoxy groups -OCH3 is 1. The van der Waals surface area contributed by atoms with Gasteiger partial charge in [0, 0.05) is 11.1 Å². The highest BCUT2D eigenvalue weighted by Gasteiger charge is 2.33. The van der Waals surface area contributed by atoms with Gasteiger partial charge >= 0.3 is 0 Å². The normalized spacial score (nSPS) is 17.5. The first-order chi connectivity index (χ1) is 13.3. The van der Waals surface area contributed by atoms with Crippen molar-refractivity contribution in [1.29, 1.82) is 0 Å². The molecular formula is C24H32N2O2. The van der Waals surface area contributed by atoms with E-state index in [1.165, 1.54) is 0 Å². The fraction of sp³-hybridized carbons (Fsp3) is 0.333. The van der Waals surface area contributed by atoms with Crippen molar-refractivity contribution in [3.8, 4) is 0 Å². The van der Waals surface area contributed by atoms with Crippen LogP contribution in [0, 0.1) is 0 Å². The van der Waals surface area contributed by atoms with E-state index < -0.39 is 0 Å². The molecule has 1 aromatic rings. The van der Waals surface area contributed by atoms with Crippen LogP contribution < -0.4 is 10.9 Å². The van der Waals surface area contributed by atoms with Crippen molar-refractivity contribution < 1.29 is 9.47 Å². The van der Waals surface area contributed by atoms with Crippen molar-refractivity contribution in [3.63, 3.8) is 0 Å². The van der Waals surface area contributed by atoms with Crippen LogP contribution in [-0.2, 0) is 9.47 Å². The Hall–Kier alpha value is -2.56. The Morgan fingerprint density at radius 2 is 2.04 bits per heavy atom. The molecule has 0 bridgehead atoms. The molecule has 0 fully saturated rings. The minimum Gasteiger partial charge on any atom is -0.496 e. The van der Waals surface area contributed by atoms with E-state index in [0.29, 0.717) is 6.61 Å². The molecule has 0 spiro atoms. The molecule has 150 valence electrons. The smallest absolute Gasteiger partial charge is 0.126 e. The van der Waals surface area contributed by atoms with Crippen molar-refractivity contribution in [2.75, 3.05) is 18.7 Å². The lowest BCUT2D eigenvalue weighted by molar-refractivity contribution is 0.129. The van der Waals surface area contributed by atoms with E-state index in [1.54, 1.807) is 24.3 Å². The highest BCUT2D eigenvalue weighted by Crippen LogP contribution is 2.41. The fourth-order valence-corrected chi connectivity index (χ4v) is 3.41. The zero-order valence-corrected chi connectivity index (χ0v) is 17.7. The molecule has 2 N–H and O–H groups in total. The van der Waals surface area contributed by atoms with Crippen molar-refractivity contribution in [1.82, 2.24) is 0 Å². The lowest BCUT2D eigenvalue weighted by Crippen LogP contribution is -2.50. The Morgan fingerprint density at radius 1 is 1.32 bits per heavy atom. The lowest BCUT2D eigenvalue weighted by Gasteiger charge is -2.41. The Labute approximate surface area is 169 Å². The molecular weight excluding hydrogens is 348 g/mol. The summed E-state index contributed by atoms with van der Waals surface area (Å²) < 4.78 is 11.5. The highest BCUT2D eigenvalue weighted by atomic mass is 16.5. The van der Waals surface area contributed by atoms with Gasteiger partial charge in [0.05, 0.1) is 31.0 Å². The van der Waals surface area contributed by atoms with Crippen LogP contribution in [0.15, 0.2) is 67.5 Å². The first-order valence-electron chi connectivity index (χ1n) is 9.49. The second-order valence-corrected chi connectivity index (χ2v) is 7.31. The summed E-state index contributed by atoms with van der Waals surface area (Å²) in [5.41, 5.74) is 4.81. The standard InChI is InChI=1S/C24H32N2O2/c1-8-11-19(23(10-3)27-7)18-12-13-22-20(15-18)21(17(4)28-14-9-2)16-24(5,6)26(22)25/h8-13,15-17H,2-3,14,25H2,1,4-7H3/b11-8-,23-19-. The summed E-state index contributed by atoms with van der Waals surface area (Å²) in [4.78, 5) is 0. The van der Waals surface area contributed by atoms with Gasteiger partial charge < -0.3 is 14.5 Å². The number of hydrogen-bond donors (Lipinski definition) is 1. The number of rotatable bonds is 8. The second kappa shape index (κ2) is 9.09. The summed E-state index contributed by atoms with van der Waals surface area (Å²) in [7, 11) is 1.65. The maximum absolute atomic E-state index is 6.45. The van der Waals surface area contributed by atoms with Gasteiger partial charge in [0.2, 0.25) is 0 Å². The molecule has 28 heavy (non-hydrogen) atoms. The van der Waals surface area contributed by atoms with Gasteiger partial charge in [0.25, 0.3) is 0 Å². The van der Waals surface area contributed by atoms with Gasteiger partial charge in [-0.05, 0) is 57.0 Å². The molecule has 0 amide bonds. The van der Waals surface area contributed by atoms with Crippen molar-refractivity contribution >= 4 is 16.8 Å². The van der Waals surface area contributed by atoms with Gasteiger partial charge in [-0.25, -0.2) is 5.84 Å². The van der Waals surface area contributed by atoms with E-state index >= 15 is 0 Å². The maximum atomic E-state index is 6.45. The van der Waals surface area contributed by atoms with Crippen molar-refractivity contribution in [2.24, 2.45) is 5.84 Å². The summed E-state index contributed by atoms with van der Waals surface area (Å²) >= 11 is 0. The van der Waals surface area contributed by atoms with Crippen LogP contribution >= 0.6 is 0 Å². The largest absolute Gasteiger partial charge is 0.496 e. The predicted molar refractivity (Wildman–Crippen MR) is 120 cm³/mol. The molecule has 1 aliphatic rings. The van der Waals surface area contributed by atoms with E-state index in [0.717, 1.165) is 33.7 Å². The van der Waals surface area contributed by atoms with Gasteiger partial charge in [0.1, 0.15) is 5.76 Å². The molecule has 1 aliphatic heterocycles. The number of nitrogens with zero attached hydrogens (tertiary/aromatic N) is 1. The van der Waals surface area contributed by atoms with Crippen molar-refractivity contribution in [2.45, 2.75) is 39.3 Å². The van der Waals surface area contributed by atoms with E-state index in [4.69, 9.17) is 15.3 Å². The zero-order chi connectivity index (χ0) is 20.9. The van der Waals surface area contributed by atoms with Crippen LogP contribution in [0.3, 0.4) is 0 Å². The Balaban J connectivity index is 2.67. The zero-order valence-electron chi connectivity index (χ0n) is 17.7. The molecule has 0 aliphatic carbocycles. The summed E-state index contributed by atoms with van der Waals surface area (Å²) in [6.45, 7) is 16.3. The Kier molecular flexibility index (Phi) is 7.05. The third kappa shape index (κ3) is 4.29. The van der Waals surface area contributed by atoms with Crippen LogP contribution in [0.2, 0.25) is 0 Å². The SMILES string of the molecule is C=CCOC(C)C1=CC(C)(C)N(N)c2ccc(C(/C=C\C)=C(/C=C)OC)cc21. The summed E-state index contributed by atoms with van der Waals surface area (Å²) in [6, 6.07) is 6.26. The number of hydrogen-bond acceptors (Lipinski definition) is 4. The molecule has 4 nitrogen and oxygen atoms in total. The number of ether oxygens (including phenoxy) is 2. The minimum atomic E-state index is -0.323. The molecule has 1 atom stereocenters. The molecule has 4 heteroatoms. The quantitative estimate of drug-likeness (QED) is 0.289. The average molecular weight is 381 g/mol. The van der Waals surface area contributed by atoms with Crippen LogP contribution in [-0.4, -0.2) is 25.4 Å². The monoisotopic (exact) mass is 380 g/mol. The predicted octanol–water partition coefficient (Wildman–Crippen LogP) is 5.25. The lowest BCUT2D eigenvalue weighted by atomic mass is 9.85. The van der Waals surface area contributed by atoms with Crippen molar-refractivity contribution in [3.05, 3.63) is 78.6 Å². The summed E-state index contributed by atoms with van der Waals surface area (Å²) in [5.74, 6) is 7.17. The number of nitrogens with two attached hydrogens (primary N) is 1. The van der Waals surface area contributed by atoms with Gasteiger partial charge in [0.15, 0.2) is 0 Å². The van der Waals surface area contributed by atoms with E-state index in [9.17, 15) is 0 Å². The fourth-order valence-electron chi connectivity index (χ4n) is 3.41. The minimum absolute atomic E-state index is 0.0876. The number of hydrazine groups is 1.